The molecule has 42 heavy (non-hydrogen) atoms. The zero-order valence-electron chi connectivity index (χ0n) is 24.1. The molecule has 7 aromatic rings. The van der Waals surface area contributed by atoms with Gasteiger partial charge in [-0.05, 0) is 82.8 Å². The van der Waals surface area contributed by atoms with Crippen LogP contribution in [0.3, 0.4) is 0 Å². The molecule has 0 aliphatic heterocycles. The molecule has 2 aromatic heterocycles. The summed E-state index contributed by atoms with van der Waals surface area (Å²) in [6.45, 7) is 10.6. The molecule has 0 amide bonds. The van der Waals surface area contributed by atoms with Gasteiger partial charge in [0.15, 0.2) is 0 Å². The summed E-state index contributed by atoms with van der Waals surface area (Å²) in [5.74, 6) is 0.876. The predicted molar refractivity (Wildman–Crippen MR) is 178 cm³/mol. The van der Waals surface area contributed by atoms with Gasteiger partial charge in [0.2, 0.25) is 0 Å². The van der Waals surface area contributed by atoms with Gasteiger partial charge in [-0.3, -0.25) is 0 Å². The molecule has 1 aliphatic carbocycles. The van der Waals surface area contributed by atoms with Crippen molar-refractivity contribution in [3.05, 3.63) is 144 Å². The van der Waals surface area contributed by atoms with E-state index in [-0.39, 0.29) is 5.41 Å². The molecule has 0 spiro atoms. The summed E-state index contributed by atoms with van der Waals surface area (Å²) in [5.41, 5.74) is 13.5. The van der Waals surface area contributed by atoms with E-state index in [1.807, 2.05) is 12.2 Å². The molecule has 0 radical (unpaired) electrons. The van der Waals surface area contributed by atoms with Gasteiger partial charge in [-0.25, -0.2) is 0 Å². The third-order valence-corrected chi connectivity index (χ3v) is 9.17. The van der Waals surface area contributed by atoms with Crippen molar-refractivity contribution in [2.75, 3.05) is 0 Å². The molecule has 202 valence electrons. The molecule has 2 heterocycles. The van der Waals surface area contributed by atoms with Crippen LogP contribution >= 0.6 is 0 Å². The minimum absolute atomic E-state index is 0.0740. The number of benzene rings is 5. The van der Waals surface area contributed by atoms with Crippen molar-refractivity contribution in [2.45, 2.75) is 26.2 Å². The van der Waals surface area contributed by atoms with Crippen molar-refractivity contribution in [1.29, 1.82) is 0 Å². The van der Waals surface area contributed by atoms with Crippen LogP contribution in [0.1, 0.15) is 36.3 Å². The molecule has 0 atom stereocenters. The number of para-hydroxylation sites is 1. The SMILES string of the molecule is C=C/C=C\c1oc2ccc(-c3ccc(-n4c5ccccc5c5c6c(ccc54)-c4ccccc4C6(C)C)cc3)cc2c1C. The number of allylic oxidation sites excluding steroid dienone is 2. The number of nitrogens with zero attached hydrogens (tertiary/aromatic N) is 1. The molecule has 1 aliphatic rings. The molecule has 8 rings (SSSR count). The van der Waals surface area contributed by atoms with E-state index in [4.69, 9.17) is 4.42 Å². The van der Waals surface area contributed by atoms with E-state index in [1.54, 1.807) is 6.08 Å². The second kappa shape index (κ2) is 8.96. The molecule has 0 bridgehead atoms. The maximum Gasteiger partial charge on any atom is 0.135 e. The standard InChI is InChI=1S/C40H31NO/c1-5-6-15-36-25(2)32-24-27(18-23-37(32)42-36)26-16-19-28(20-17-26)41-34-14-10-8-12-31(34)38-35(41)22-21-30-29-11-7-9-13-33(29)40(3,4)39(30)38/h5-24H,1H2,2-4H3/b15-6-. The molecule has 0 N–H and O–H groups in total. The summed E-state index contributed by atoms with van der Waals surface area (Å²) in [6, 6.07) is 37.8. The number of furan rings is 1. The number of aromatic nitrogens is 1. The molecule has 0 saturated heterocycles. The van der Waals surface area contributed by atoms with Gasteiger partial charge in [-0.1, -0.05) is 99.3 Å². The van der Waals surface area contributed by atoms with E-state index in [9.17, 15) is 0 Å². The third-order valence-electron chi connectivity index (χ3n) is 9.17. The van der Waals surface area contributed by atoms with E-state index in [1.165, 1.54) is 55.2 Å². The van der Waals surface area contributed by atoms with Crippen LogP contribution in [0.4, 0.5) is 0 Å². The first-order valence-corrected chi connectivity index (χ1v) is 14.6. The minimum atomic E-state index is -0.0740. The lowest BCUT2D eigenvalue weighted by molar-refractivity contribution is 0.601. The largest absolute Gasteiger partial charge is 0.456 e. The molecule has 2 nitrogen and oxygen atoms in total. The van der Waals surface area contributed by atoms with Gasteiger partial charge >= 0.3 is 0 Å². The number of aryl methyl sites for hydroxylation is 1. The Balaban J connectivity index is 1.28. The fourth-order valence-electron chi connectivity index (χ4n) is 7.15. The highest BCUT2D eigenvalue weighted by Crippen LogP contribution is 2.53. The Hall–Kier alpha value is -5.08. The van der Waals surface area contributed by atoms with Crippen molar-refractivity contribution in [1.82, 2.24) is 4.57 Å². The quantitative estimate of drug-likeness (QED) is 0.203. The highest BCUT2D eigenvalue weighted by Gasteiger charge is 2.37. The molecular formula is C40H31NO. The fourth-order valence-corrected chi connectivity index (χ4v) is 7.15. The van der Waals surface area contributed by atoms with Gasteiger partial charge in [0.1, 0.15) is 11.3 Å². The third kappa shape index (κ3) is 3.39. The summed E-state index contributed by atoms with van der Waals surface area (Å²) < 4.78 is 8.50. The van der Waals surface area contributed by atoms with Gasteiger partial charge in [0, 0.05) is 32.8 Å². The monoisotopic (exact) mass is 541 g/mol. The topological polar surface area (TPSA) is 18.1 Å². The van der Waals surface area contributed by atoms with Crippen molar-refractivity contribution in [3.63, 3.8) is 0 Å². The van der Waals surface area contributed by atoms with Crippen LogP contribution in [-0.2, 0) is 5.41 Å². The average molecular weight is 542 g/mol. The van der Waals surface area contributed by atoms with E-state index >= 15 is 0 Å². The molecule has 2 heteroatoms. The Bertz CT molecular complexity index is 2230. The average Bonchev–Trinajstić information content (AvgIpc) is 3.61. The highest BCUT2D eigenvalue weighted by atomic mass is 16.3. The fraction of sp³-hybridized carbons (Fsp3) is 0.100. The van der Waals surface area contributed by atoms with E-state index < -0.39 is 0 Å². The van der Waals surface area contributed by atoms with Crippen LogP contribution in [-0.4, -0.2) is 4.57 Å². The number of hydrogen-bond donors (Lipinski definition) is 0. The Labute approximate surface area is 245 Å². The predicted octanol–water partition coefficient (Wildman–Crippen LogP) is 11.0. The zero-order chi connectivity index (χ0) is 28.6. The van der Waals surface area contributed by atoms with Crippen LogP contribution in [0.15, 0.2) is 126 Å². The number of fused-ring (bicyclic) bond motifs is 8. The Kier molecular flexibility index (Phi) is 5.27. The van der Waals surface area contributed by atoms with E-state index in [2.05, 4.69) is 135 Å². The van der Waals surface area contributed by atoms with Crippen LogP contribution in [0.25, 0.3) is 66.8 Å². The first-order chi connectivity index (χ1) is 20.5. The first-order valence-electron chi connectivity index (χ1n) is 14.6. The normalized spacial score (nSPS) is 13.8. The lowest BCUT2D eigenvalue weighted by atomic mass is 9.80. The van der Waals surface area contributed by atoms with Crippen LogP contribution in [0.2, 0.25) is 0 Å². The summed E-state index contributed by atoms with van der Waals surface area (Å²) in [4.78, 5) is 0. The highest BCUT2D eigenvalue weighted by molar-refractivity contribution is 6.14. The summed E-state index contributed by atoms with van der Waals surface area (Å²) >= 11 is 0. The van der Waals surface area contributed by atoms with Gasteiger partial charge in [-0.2, -0.15) is 0 Å². The smallest absolute Gasteiger partial charge is 0.135 e. The van der Waals surface area contributed by atoms with Crippen molar-refractivity contribution >= 4 is 38.9 Å². The zero-order valence-corrected chi connectivity index (χ0v) is 24.1. The molecule has 0 unspecified atom stereocenters. The second-order valence-electron chi connectivity index (χ2n) is 11.8. The van der Waals surface area contributed by atoms with Gasteiger partial charge in [0.25, 0.3) is 0 Å². The lowest BCUT2D eigenvalue weighted by Crippen LogP contribution is -2.15. The van der Waals surface area contributed by atoms with Gasteiger partial charge in [-0.15, -0.1) is 0 Å². The van der Waals surface area contributed by atoms with Crippen molar-refractivity contribution in [3.8, 4) is 27.9 Å². The minimum Gasteiger partial charge on any atom is -0.456 e. The summed E-state index contributed by atoms with van der Waals surface area (Å²) in [6.07, 6.45) is 5.65. The van der Waals surface area contributed by atoms with E-state index in [0.717, 1.165) is 28.0 Å². The summed E-state index contributed by atoms with van der Waals surface area (Å²) in [5, 5.41) is 3.80. The molecule has 5 aromatic carbocycles. The van der Waals surface area contributed by atoms with Crippen LogP contribution in [0.5, 0.6) is 0 Å². The number of rotatable bonds is 4. The summed E-state index contributed by atoms with van der Waals surface area (Å²) in [7, 11) is 0. The maximum atomic E-state index is 6.07. The van der Waals surface area contributed by atoms with Gasteiger partial charge < -0.3 is 8.98 Å². The lowest BCUT2D eigenvalue weighted by Gasteiger charge is -2.22. The van der Waals surface area contributed by atoms with Crippen molar-refractivity contribution < 1.29 is 4.42 Å². The second-order valence-corrected chi connectivity index (χ2v) is 11.8. The Morgan fingerprint density at radius 2 is 1.50 bits per heavy atom. The first kappa shape index (κ1) is 24.7. The van der Waals surface area contributed by atoms with Crippen LogP contribution < -0.4 is 0 Å². The Morgan fingerprint density at radius 3 is 2.33 bits per heavy atom. The maximum absolute atomic E-state index is 6.07. The van der Waals surface area contributed by atoms with Crippen LogP contribution in [0, 0.1) is 6.92 Å². The Morgan fingerprint density at radius 1 is 0.738 bits per heavy atom. The molecule has 0 fully saturated rings. The van der Waals surface area contributed by atoms with E-state index in [0.29, 0.717) is 0 Å². The number of hydrogen-bond acceptors (Lipinski definition) is 1. The molecular weight excluding hydrogens is 510 g/mol. The van der Waals surface area contributed by atoms with Gasteiger partial charge in [0.05, 0.1) is 11.0 Å². The molecule has 0 saturated carbocycles. The van der Waals surface area contributed by atoms with Crippen molar-refractivity contribution in [2.24, 2.45) is 0 Å².